The highest BCUT2D eigenvalue weighted by Crippen LogP contribution is 2.25. The Kier molecular flexibility index (Phi) is 9.79. The number of ether oxygens (including phenoxy) is 1. The SMILES string of the molecule is CCCCCCN(C(=O)CCC(=O)OCC)C(C)c1nc2ccccc2c(=O)n1-c1ccc(C)cc1. The molecule has 0 N–H and O–H groups in total. The largest absolute Gasteiger partial charge is 0.466 e. The van der Waals surface area contributed by atoms with Crippen molar-refractivity contribution in [2.45, 2.75) is 72.3 Å². The second kappa shape index (κ2) is 13.0. The van der Waals surface area contributed by atoms with Gasteiger partial charge in [0, 0.05) is 13.0 Å². The van der Waals surface area contributed by atoms with E-state index in [1.807, 2.05) is 56.3 Å². The zero-order valence-corrected chi connectivity index (χ0v) is 21.8. The summed E-state index contributed by atoms with van der Waals surface area (Å²) in [5.74, 6) is -0.0303. The van der Waals surface area contributed by atoms with E-state index < -0.39 is 6.04 Å². The number of benzene rings is 2. The summed E-state index contributed by atoms with van der Waals surface area (Å²) < 4.78 is 6.63. The van der Waals surface area contributed by atoms with Crippen LogP contribution in [0.2, 0.25) is 0 Å². The predicted molar refractivity (Wildman–Crippen MR) is 142 cm³/mol. The van der Waals surface area contributed by atoms with Crippen LogP contribution in [0.25, 0.3) is 16.6 Å². The van der Waals surface area contributed by atoms with Crippen molar-refractivity contribution in [3.8, 4) is 5.69 Å². The van der Waals surface area contributed by atoms with Crippen molar-refractivity contribution in [2.75, 3.05) is 13.2 Å². The maximum Gasteiger partial charge on any atom is 0.306 e. The number of aryl methyl sites for hydroxylation is 1. The molecule has 1 aromatic heterocycles. The molecule has 0 aliphatic rings. The summed E-state index contributed by atoms with van der Waals surface area (Å²) in [5.41, 5.74) is 2.21. The normalized spacial score (nSPS) is 11.9. The molecule has 0 aliphatic carbocycles. The van der Waals surface area contributed by atoms with E-state index in [2.05, 4.69) is 6.92 Å². The van der Waals surface area contributed by atoms with E-state index in [1.54, 1.807) is 22.5 Å². The fourth-order valence-electron chi connectivity index (χ4n) is 4.34. The highest BCUT2D eigenvalue weighted by molar-refractivity contribution is 5.82. The molecule has 3 aromatic rings. The number of carbonyl (C=O) groups is 2. The van der Waals surface area contributed by atoms with Crippen molar-refractivity contribution >= 4 is 22.8 Å². The molecule has 7 nitrogen and oxygen atoms in total. The Hall–Kier alpha value is -3.48. The lowest BCUT2D eigenvalue weighted by Gasteiger charge is -2.31. The van der Waals surface area contributed by atoms with Crippen LogP contribution in [-0.4, -0.2) is 39.5 Å². The molecule has 192 valence electrons. The quantitative estimate of drug-likeness (QED) is 0.247. The van der Waals surface area contributed by atoms with E-state index in [-0.39, 0.29) is 36.9 Å². The first-order chi connectivity index (χ1) is 17.4. The van der Waals surface area contributed by atoms with Crippen LogP contribution in [0.15, 0.2) is 53.3 Å². The lowest BCUT2D eigenvalue weighted by molar-refractivity contribution is -0.146. The number of aromatic nitrogens is 2. The molecule has 0 radical (unpaired) electrons. The van der Waals surface area contributed by atoms with Gasteiger partial charge in [0.2, 0.25) is 5.91 Å². The van der Waals surface area contributed by atoms with Gasteiger partial charge in [0.25, 0.3) is 5.56 Å². The Balaban J connectivity index is 2.05. The van der Waals surface area contributed by atoms with Gasteiger partial charge in [-0.25, -0.2) is 4.98 Å². The third kappa shape index (κ3) is 6.59. The van der Waals surface area contributed by atoms with Crippen LogP contribution in [0.1, 0.15) is 76.7 Å². The van der Waals surface area contributed by atoms with Crippen molar-refractivity contribution in [1.82, 2.24) is 14.5 Å². The summed E-state index contributed by atoms with van der Waals surface area (Å²) in [5, 5.41) is 0.525. The fraction of sp³-hybridized carbons (Fsp3) is 0.448. The highest BCUT2D eigenvalue weighted by Gasteiger charge is 2.27. The molecule has 0 aliphatic heterocycles. The van der Waals surface area contributed by atoms with Crippen LogP contribution in [0.3, 0.4) is 0 Å². The van der Waals surface area contributed by atoms with Crippen LogP contribution in [0.5, 0.6) is 0 Å². The summed E-state index contributed by atoms with van der Waals surface area (Å²) in [4.78, 5) is 45.6. The second-order valence-electron chi connectivity index (χ2n) is 9.09. The van der Waals surface area contributed by atoms with Gasteiger partial charge in [-0.05, 0) is 51.5 Å². The molecule has 1 amide bonds. The molecular weight excluding hydrogens is 454 g/mol. The van der Waals surface area contributed by atoms with Crippen molar-refractivity contribution in [3.63, 3.8) is 0 Å². The van der Waals surface area contributed by atoms with Crippen LogP contribution in [0.4, 0.5) is 0 Å². The van der Waals surface area contributed by atoms with E-state index in [9.17, 15) is 14.4 Å². The van der Waals surface area contributed by atoms with Crippen LogP contribution < -0.4 is 5.56 Å². The average molecular weight is 492 g/mol. The maximum absolute atomic E-state index is 13.7. The Bertz CT molecular complexity index is 1230. The number of esters is 1. The third-order valence-electron chi connectivity index (χ3n) is 6.36. The Morgan fingerprint density at radius 3 is 2.42 bits per heavy atom. The lowest BCUT2D eigenvalue weighted by atomic mass is 10.1. The number of carbonyl (C=O) groups excluding carboxylic acids is 2. The molecular formula is C29H37N3O4. The Morgan fingerprint density at radius 2 is 1.72 bits per heavy atom. The number of nitrogens with zero attached hydrogens (tertiary/aromatic N) is 3. The maximum atomic E-state index is 13.7. The topological polar surface area (TPSA) is 81.5 Å². The predicted octanol–water partition coefficient (Wildman–Crippen LogP) is 5.51. The van der Waals surface area contributed by atoms with E-state index in [4.69, 9.17) is 9.72 Å². The minimum atomic E-state index is -0.472. The smallest absolute Gasteiger partial charge is 0.306 e. The summed E-state index contributed by atoms with van der Waals surface area (Å²) in [6.07, 6.45) is 4.10. The fourth-order valence-corrected chi connectivity index (χ4v) is 4.34. The number of unbranched alkanes of at least 4 members (excludes halogenated alkanes) is 3. The number of hydrogen-bond acceptors (Lipinski definition) is 5. The molecule has 1 atom stereocenters. The van der Waals surface area contributed by atoms with Crippen LogP contribution >= 0.6 is 0 Å². The van der Waals surface area contributed by atoms with Gasteiger partial charge in [0.15, 0.2) is 0 Å². The summed E-state index contributed by atoms with van der Waals surface area (Å²) >= 11 is 0. The molecule has 0 fully saturated rings. The van der Waals surface area contributed by atoms with Gasteiger partial charge >= 0.3 is 5.97 Å². The minimum absolute atomic E-state index is 0.0285. The molecule has 0 saturated carbocycles. The standard InChI is InChI=1S/C29H37N3O4/c1-5-7-8-11-20-31(26(33)18-19-27(34)36-6-2)22(4)28-30-25-13-10-9-12-24(25)29(35)32(28)23-16-14-21(3)15-17-23/h9-10,12-17,22H,5-8,11,18-20H2,1-4H3. The minimum Gasteiger partial charge on any atom is -0.466 e. The monoisotopic (exact) mass is 491 g/mol. The van der Waals surface area contributed by atoms with Gasteiger partial charge in [0.05, 0.1) is 35.7 Å². The molecule has 36 heavy (non-hydrogen) atoms. The number of hydrogen-bond donors (Lipinski definition) is 0. The average Bonchev–Trinajstić information content (AvgIpc) is 2.88. The first-order valence-electron chi connectivity index (χ1n) is 12.9. The molecule has 3 rings (SSSR count). The molecule has 1 unspecified atom stereocenters. The van der Waals surface area contributed by atoms with E-state index in [1.165, 1.54) is 0 Å². The van der Waals surface area contributed by atoms with E-state index >= 15 is 0 Å². The van der Waals surface area contributed by atoms with Gasteiger partial charge in [-0.2, -0.15) is 0 Å². The van der Waals surface area contributed by atoms with Crippen molar-refractivity contribution < 1.29 is 14.3 Å². The second-order valence-corrected chi connectivity index (χ2v) is 9.09. The third-order valence-corrected chi connectivity index (χ3v) is 6.36. The number of amides is 1. The van der Waals surface area contributed by atoms with Crippen LogP contribution in [0, 0.1) is 6.92 Å². The number of fused-ring (bicyclic) bond motifs is 1. The van der Waals surface area contributed by atoms with E-state index in [0.717, 1.165) is 31.2 Å². The lowest BCUT2D eigenvalue weighted by Crippen LogP contribution is -2.38. The molecule has 0 saturated heterocycles. The Labute approximate surface area is 213 Å². The van der Waals surface area contributed by atoms with E-state index in [0.29, 0.717) is 29.0 Å². The van der Waals surface area contributed by atoms with Gasteiger partial charge in [-0.3, -0.25) is 19.0 Å². The molecule has 0 spiro atoms. The first kappa shape index (κ1) is 27.1. The molecule has 1 heterocycles. The zero-order valence-electron chi connectivity index (χ0n) is 21.8. The highest BCUT2D eigenvalue weighted by atomic mass is 16.5. The van der Waals surface area contributed by atoms with Crippen molar-refractivity contribution in [1.29, 1.82) is 0 Å². The first-order valence-corrected chi connectivity index (χ1v) is 12.9. The van der Waals surface area contributed by atoms with Crippen molar-refractivity contribution in [3.05, 3.63) is 70.3 Å². The van der Waals surface area contributed by atoms with Gasteiger partial charge in [-0.15, -0.1) is 0 Å². The number of para-hydroxylation sites is 1. The molecule has 0 bridgehead atoms. The molecule has 7 heteroatoms. The van der Waals surface area contributed by atoms with Gasteiger partial charge in [-0.1, -0.05) is 56.0 Å². The summed E-state index contributed by atoms with van der Waals surface area (Å²) in [6, 6.07) is 14.5. The zero-order chi connectivity index (χ0) is 26.1. The van der Waals surface area contributed by atoms with Gasteiger partial charge < -0.3 is 9.64 Å². The van der Waals surface area contributed by atoms with Crippen molar-refractivity contribution in [2.24, 2.45) is 0 Å². The Morgan fingerprint density at radius 1 is 1.00 bits per heavy atom. The van der Waals surface area contributed by atoms with Crippen LogP contribution in [-0.2, 0) is 14.3 Å². The van der Waals surface area contributed by atoms with Gasteiger partial charge in [0.1, 0.15) is 5.82 Å². The molecule has 2 aromatic carbocycles. The number of rotatable bonds is 12. The summed E-state index contributed by atoms with van der Waals surface area (Å²) in [6.45, 7) is 8.60. The summed E-state index contributed by atoms with van der Waals surface area (Å²) in [7, 11) is 0.